The minimum absolute atomic E-state index is 0.127. The molecule has 3 fully saturated rings. The number of phenols is 1. The number of carbonyl (C=O) groups is 4. The van der Waals surface area contributed by atoms with Crippen LogP contribution in [0.15, 0.2) is 84.4 Å². The van der Waals surface area contributed by atoms with Crippen LogP contribution in [0.4, 0.5) is 5.69 Å². The highest BCUT2D eigenvalue weighted by Gasteiger charge is 2.70. The van der Waals surface area contributed by atoms with Crippen molar-refractivity contribution in [1.82, 2.24) is 4.90 Å². The van der Waals surface area contributed by atoms with E-state index in [-0.39, 0.29) is 35.8 Å². The lowest BCUT2D eigenvalue weighted by Gasteiger charge is -2.50. The van der Waals surface area contributed by atoms with Gasteiger partial charge in [-0.25, -0.2) is 4.90 Å². The van der Waals surface area contributed by atoms with Crippen LogP contribution in [0.25, 0.3) is 0 Å². The number of rotatable bonds is 3. The van der Waals surface area contributed by atoms with E-state index >= 15 is 4.79 Å². The predicted octanol–water partition coefficient (Wildman–Crippen LogP) is 5.15. The monoisotopic (exact) mass is 580 g/mol. The van der Waals surface area contributed by atoms with Crippen LogP contribution in [-0.2, 0) is 24.6 Å². The number of phenolic OH excluding ortho intramolecular Hbond substituents is 1. The standard InChI is InChI=1S/C34H29ClN2O5/c1-18-15-19(11-14-27(18)38)29-23-12-13-24-28(32(41)36(2)30(24)39)25(23)17-26-31(40)37(22-10-6-9-21(35)16-22)33(42)34(26,29)20-7-4-3-5-8-20/h3-12,14-16,24-26,28-29,38H,13,17H2,1-2H3/t24-,25+,26-,28-,29-,34+/m0/s1. The van der Waals surface area contributed by atoms with Crippen molar-refractivity contribution in [2.45, 2.75) is 31.1 Å². The molecule has 7 rings (SSSR count). The average Bonchev–Trinajstić information content (AvgIpc) is 3.35. The van der Waals surface area contributed by atoms with E-state index in [0.29, 0.717) is 28.3 Å². The molecule has 2 heterocycles. The highest BCUT2D eigenvalue weighted by atomic mass is 35.5. The Morgan fingerprint density at radius 2 is 1.64 bits per heavy atom. The van der Waals surface area contributed by atoms with Crippen molar-refractivity contribution >= 4 is 40.9 Å². The van der Waals surface area contributed by atoms with Crippen LogP contribution in [0, 0.1) is 30.6 Å². The van der Waals surface area contributed by atoms with Crippen molar-refractivity contribution < 1.29 is 24.3 Å². The summed E-state index contributed by atoms with van der Waals surface area (Å²) in [7, 11) is 1.52. The first kappa shape index (κ1) is 26.7. The van der Waals surface area contributed by atoms with Crippen molar-refractivity contribution in [2.24, 2.45) is 23.7 Å². The van der Waals surface area contributed by atoms with Gasteiger partial charge in [-0.1, -0.05) is 71.8 Å². The maximum Gasteiger partial charge on any atom is 0.246 e. The molecule has 2 aliphatic heterocycles. The summed E-state index contributed by atoms with van der Waals surface area (Å²) in [5, 5.41) is 10.8. The second-order valence-electron chi connectivity index (χ2n) is 11.9. The number of aromatic hydroxyl groups is 1. The lowest BCUT2D eigenvalue weighted by Crippen LogP contribution is -2.53. The predicted molar refractivity (Wildman–Crippen MR) is 157 cm³/mol. The Bertz CT molecular complexity index is 1720. The van der Waals surface area contributed by atoms with Gasteiger partial charge in [0.1, 0.15) is 5.75 Å². The van der Waals surface area contributed by atoms with E-state index in [0.717, 1.165) is 11.1 Å². The first-order valence-electron chi connectivity index (χ1n) is 14.2. The molecule has 2 aliphatic carbocycles. The van der Waals surface area contributed by atoms with Crippen LogP contribution in [0.2, 0.25) is 5.02 Å². The van der Waals surface area contributed by atoms with E-state index in [1.807, 2.05) is 42.5 Å². The van der Waals surface area contributed by atoms with Gasteiger partial charge in [-0.05, 0) is 66.6 Å². The second-order valence-corrected chi connectivity index (χ2v) is 12.3. The van der Waals surface area contributed by atoms with Gasteiger partial charge in [-0.3, -0.25) is 24.1 Å². The molecule has 3 aromatic carbocycles. The van der Waals surface area contributed by atoms with Gasteiger partial charge in [0, 0.05) is 18.0 Å². The van der Waals surface area contributed by atoms with Crippen LogP contribution < -0.4 is 4.90 Å². The molecule has 0 spiro atoms. The lowest BCUT2D eigenvalue weighted by atomic mass is 9.49. The molecule has 0 bridgehead atoms. The molecule has 1 saturated carbocycles. The van der Waals surface area contributed by atoms with E-state index < -0.39 is 35.0 Å². The number of nitrogens with zero attached hydrogens (tertiary/aromatic N) is 2. The number of fused-ring (bicyclic) bond motifs is 4. The van der Waals surface area contributed by atoms with Gasteiger partial charge in [0.05, 0.1) is 28.9 Å². The highest BCUT2D eigenvalue weighted by molar-refractivity contribution is 6.32. The minimum atomic E-state index is -1.32. The highest BCUT2D eigenvalue weighted by Crippen LogP contribution is 2.64. The summed E-state index contributed by atoms with van der Waals surface area (Å²) in [5.74, 6) is -3.92. The molecule has 0 radical (unpaired) electrons. The summed E-state index contributed by atoms with van der Waals surface area (Å²) in [6, 6.07) is 21.4. The summed E-state index contributed by atoms with van der Waals surface area (Å²) >= 11 is 6.33. The van der Waals surface area contributed by atoms with Crippen molar-refractivity contribution in [3.63, 3.8) is 0 Å². The summed E-state index contributed by atoms with van der Waals surface area (Å²) in [6.45, 7) is 1.80. The van der Waals surface area contributed by atoms with Crippen LogP contribution in [0.3, 0.4) is 0 Å². The normalized spacial score (nSPS) is 30.3. The van der Waals surface area contributed by atoms with Crippen LogP contribution in [-0.4, -0.2) is 40.7 Å². The van der Waals surface area contributed by atoms with Crippen molar-refractivity contribution in [3.05, 3.63) is 106 Å². The van der Waals surface area contributed by atoms with Gasteiger partial charge >= 0.3 is 0 Å². The fraction of sp³-hybridized carbons (Fsp3) is 0.294. The molecule has 0 unspecified atom stereocenters. The smallest absolute Gasteiger partial charge is 0.246 e. The molecule has 212 valence electrons. The quantitative estimate of drug-likeness (QED) is 0.342. The minimum Gasteiger partial charge on any atom is -0.508 e. The van der Waals surface area contributed by atoms with Crippen LogP contribution in [0.1, 0.15) is 35.4 Å². The maximum atomic E-state index is 15.0. The Balaban J connectivity index is 1.52. The number of benzene rings is 3. The summed E-state index contributed by atoms with van der Waals surface area (Å²) in [6.07, 6.45) is 2.67. The first-order valence-corrected chi connectivity index (χ1v) is 14.5. The molecule has 3 aromatic rings. The number of hydrogen-bond donors (Lipinski definition) is 1. The fourth-order valence-corrected chi connectivity index (χ4v) is 8.32. The molecule has 4 aliphatic rings. The SMILES string of the molecule is Cc1cc([C@H]2C3=CC[C@@H]4C(=O)N(C)C(=O)[C@@H]4[C@@H]3C[C@H]3C(=O)N(c4cccc(Cl)c4)C(=O)[C@@]23c2ccccc2)ccc1O. The zero-order valence-electron chi connectivity index (χ0n) is 23.2. The van der Waals surface area contributed by atoms with Gasteiger partial charge in [0.15, 0.2) is 0 Å². The third-order valence-corrected chi connectivity index (χ3v) is 10.2. The summed E-state index contributed by atoms with van der Waals surface area (Å²) < 4.78 is 0. The zero-order chi connectivity index (χ0) is 29.5. The topological polar surface area (TPSA) is 95.0 Å². The molecule has 1 N–H and O–H groups in total. The summed E-state index contributed by atoms with van der Waals surface area (Å²) in [5.41, 5.74) is 2.08. The third kappa shape index (κ3) is 3.46. The van der Waals surface area contributed by atoms with Gasteiger partial charge < -0.3 is 5.11 Å². The molecule has 2 saturated heterocycles. The molecule has 7 nitrogen and oxygen atoms in total. The average molecular weight is 581 g/mol. The molecule has 42 heavy (non-hydrogen) atoms. The first-order chi connectivity index (χ1) is 20.2. The van der Waals surface area contributed by atoms with E-state index in [4.69, 9.17) is 11.6 Å². The van der Waals surface area contributed by atoms with Crippen LogP contribution >= 0.6 is 11.6 Å². The molecular weight excluding hydrogens is 552 g/mol. The number of hydrogen-bond acceptors (Lipinski definition) is 5. The van der Waals surface area contributed by atoms with Gasteiger partial charge in [-0.15, -0.1) is 0 Å². The molecule has 4 amide bonds. The number of imide groups is 2. The molecule has 0 aromatic heterocycles. The number of halogens is 1. The van der Waals surface area contributed by atoms with E-state index in [2.05, 4.69) is 0 Å². The van der Waals surface area contributed by atoms with Gasteiger partial charge in [0.25, 0.3) is 0 Å². The van der Waals surface area contributed by atoms with Crippen molar-refractivity contribution in [3.8, 4) is 5.75 Å². The Morgan fingerprint density at radius 1 is 0.881 bits per heavy atom. The number of aryl methyl sites for hydroxylation is 1. The molecule has 6 atom stereocenters. The molecular formula is C34H29ClN2O5. The van der Waals surface area contributed by atoms with E-state index in [1.54, 1.807) is 43.3 Å². The Hall–Kier alpha value is -4.23. The largest absolute Gasteiger partial charge is 0.508 e. The Kier molecular flexibility index (Phi) is 5.96. The van der Waals surface area contributed by atoms with Gasteiger partial charge in [-0.2, -0.15) is 0 Å². The number of carbonyl (C=O) groups excluding carboxylic acids is 4. The number of anilines is 1. The van der Waals surface area contributed by atoms with E-state index in [1.165, 1.54) is 16.8 Å². The van der Waals surface area contributed by atoms with Crippen LogP contribution in [0.5, 0.6) is 5.75 Å². The Morgan fingerprint density at radius 3 is 2.36 bits per heavy atom. The maximum absolute atomic E-state index is 15.0. The third-order valence-electron chi connectivity index (χ3n) is 9.94. The molecule has 8 heteroatoms. The van der Waals surface area contributed by atoms with Crippen molar-refractivity contribution in [1.29, 1.82) is 0 Å². The zero-order valence-corrected chi connectivity index (χ0v) is 23.9. The van der Waals surface area contributed by atoms with Crippen molar-refractivity contribution in [2.75, 3.05) is 11.9 Å². The van der Waals surface area contributed by atoms with Gasteiger partial charge in [0.2, 0.25) is 23.6 Å². The second kappa shape index (κ2) is 9.39. The Labute approximate surface area is 248 Å². The number of likely N-dealkylation sites (tertiary alicyclic amines) is 1. The number of allylic oxidation sites excluding steroid dienone is 2. The number of amides is 4. The van der Waals surface area contributed by atoms with E-state index in [9.17, 15) is 19.5 Å². The lowest BCUT2D eigenvalue weighted by molar-refractivity contribution is -0.138. The fourth-order valence-electron chi connectivity index (χ4n) is 8.13. The summed E-state index contributed by atoms with van der Waals surface area (Å²) in [4.78, 5) is 58.7.